The van der Waals surface area contributed by atoms with E-state index in [0.717, 1.165) is 22.2 Å². The number of carboxylic acid groups (broad SMARTS) is 1. The lowest BCUT2D eigenvalue weighted by molar-refractivity contribution is -0.142. The number of likely N-dealkylation sites (tertiary alicyclic amines) is 1. The zero-order valence-electron chi connectivity index (χ0n) is 13.3. The van der Waals surface area contributed by atoms with Crippen LogP contribution in [0, 0.1) is 13.8 Å². The first-order valence-electron chi connectivity index (χ1n) is 7.78. The van der Waals surface area contributed by atoms with E-state index in [4.69, 9.17) is 11.6 Å². The molecule has 122 valence electrons. The summed E-state index contributed by atoms with van der Waals surface area (Å²) in [6, 6.07) is 9.82. The number of benzene rings is 1. The van der Waals surface area contributed by atoms with Gasteiger partial charge in [-0.3, -0.25) is 9.69 Å². The Bertz CT molecular complexity index is 728. The third kappa shape index (κ3) is 3.30. The topological polar surface area (TPSA) is 40.5 Å². The number of aryl methyl sites for hydroxylation is 2. The van der Waals surface area contributed by atoms with Crippen molar-refractivity contribution in [2.24, 2.45) is 0 Å². The first-order chi connectivity index (χ1) is 11.0. The highest BCUT2D eigenvalue weighted by Gasteiger charge is 2.37. The van der Waals surface area contributed by atoms with Crippen LogP contribution in [-0.4, -0.2) is 28.6 Å². The van der Waals surface area contributed by atoms with Crippen LogP contribution in [0.1, 0.15) is 40.5 Å². The van der Waals surface area contributed by atoms with Gasteiger partial charge in [-0.2, -0.15) is 0 Å². The van der Waals surface area contributed by atoms with Crippen molar-refractivity contribution in [2.75, 3.05) is 6.54 Å². The lowest BCUT2D eigenvalue weighted by Crippen LogP contribution is -2.39. The number of thiophene rings is 1. The van der Waals surface area contributed by atoms with Gasteiger partial charge in [-0.25, -0.2) is 0 Å². The molecule has 1 aliphatic heterocycles. The van der Waals surface area contributed by atoms with Crippen LogP contribution in [0.15, 0.2) is 30.3 Å². The van der Waals surface area contributed by atoms with Crippen molar-refractivity contribution in [1.29, 1.82) is 0 Å². The van der Waals surface area contributed by atoms with Crippen molar-refractivity contribution in [3.63, 3.8) is 0 Å². The van der Waals surface area contributed by atoms with Crippen LogP contribution in [0.2, 0.25) is 4.34 Å². The third-order valence-corrected chi connectivity index (χ3v) is 5.78. The molecule has 1 aliphatic rings. The SMILES string of the molecule is Cc1ccc(C(c2ccc(Cl)s2)N2CCCC2C(=O)O)c(C)c1. The van der Waals surface area contributed by atoms with Gasteiger partial charge in [0.15, 0.2) is 0 Å². The third-order valence-electron chi connectivity index (χ3n) is 4.49. The van der Waals surface area contributed by atoms with E-state index in [1.165, 1.54) is 28.0 Å². The Morgan fingerprint density at radius 3 is 2.74 bits per heavy atom. The molecule has 1 saturated heterocycles. The summed E-state index contributed by atoms with van der Waals surface area (Å²) in [4.78, 5) is 14.9. The summed E-state index contributed by atoms with van der Waals surface area (Å²) in [7, 11) is 0. The fraction of sp³-hybridized carbons (Fsp3) is 0.389. The monoisotopic (exact) mass is 349 g/mol. The summed E-state index contributed by atoms with van der Waals surface area (Å²) in [5.41, 5.74) is 3.57. The molecule has 3 nitrogen and oxygen atoms in total. The molecule has 0 radical (unpaired) electrons. The maximum atomic E-state index is 11.7. The Kier molecular flexibility index (Phi) is 4.76. The van der Waals surface area contributed by atoms with Crippen LogP contribution < -0.4 is 0 Å². The van der Waals surface area contributed by atoms with E-state index in [-0.39, 0.29) is 6.04 Å². The lowest BCUT2D eigenvalue weighted by Gasteiger charge is -2.32. The van der Waals surface area contributed by atoms with Gasteiger partial charge in [-0.1, -0.05) is 35.4 Å². The number of carboxylic acids is 1. The fourth-order valence-electron chi connectivity index (χ4n) is 3.47. The van der Waals surface area contributed by atoms with Crippen LogP contribution in [-0.2, 0) is 4.79 Å². The highest BCUT2D eigenvalue weighted by atomic mass is 35.5. The minimum Gasteiger partial charge on any atom is -0.480 e. The summed E-state index contributed by atoms with van der Waals surface area (Å²) in [6.07, 6.45) is 1.62. The average molecular weight is 350 g/mol. The fourth-order valence-corrected chi connectivity index (χ4v) is 4.67. The Hall–Kier alpha value is -1.36. The zero-order valence-corrected chi connectivity index (χ0v) is 14.8. The maximum absolute atomic E-state index is 11.7. The van der Waals surface area contributed by atoms with Crippen molar-refractivity contribution in [3.8, 4) is 0 Å². The van der Waals surface area contributed by atoms with Crippen molar-refractivity contribution in [3.05, 3.63) is 56.2 Å². The lowest BCUT2D eigenvalue weighted by atomic mass is 9.96. The number of carbonyl (C=O) groups is 1. The Balaban J connectivity index is 2.09. The van der Waals surface area contributed by atoms with Crippen molar-refractivity contribution in [2.45, 2.75) is 38.8 Å². The first kappa shape index (κ1) is 16.5. The molecule has 23 heavy (non-hydrogen) atoms. The van der Waals surface area contributed by atoms with E-state index in [1.807, 2.05) is 12.1 Å². The van der Waals surface area contributed by atoms with Crippen LogP contribution in [0.3, 0.4) is 0 Å². The number of rotatable bonds is 4. The molecule has 0 saturated carbocycles. The number of halogens is 1. The van der Waals surface area contributed by atoms with E-state index in [2.05, 4.69) is 36.9 Å². The molecule has 2 atom stereocenters. The number of hydrogen-bond acceptors (Lipinski definition) is 3. The van der Waals surface area contributed by atoms with Gasteiger partial charge in [0.25, 0.3) is 0 Å². The van der Waals surface area contributed by atoms with Gasteiger partial charge in [-0.05, 0) is 49.9 Å². The second-order valence-electron chi connectivity index (χ2n) is 6.14. The molecule has 1 N–H and O–H groups in total. The molecule has 1 fully saturated rings. The van der Waals surface area contributed by atoms with E-state index < -0.39 is 12.0 Å². The van der Waals surface area contributed by atoms with Crippen LogP contribution in [0.4, 0.5) is 0 Å². The molecule has 2 heterocycles. The van der Waals surface area contributed by atoms with Crippen LogP contribution >= 0.6 is 22.9 Å². The van der Waals surface area contributed by atoms with Crippen molar-refractivity contribution in [1.82, 2.24) is 4.90 Å². The van der Waals surface area contributed by atoms with Gasteiger partial charge in [0, 0.05) is 11.4 Å². The molecule has 0 amide bonds. The average Bonchev–Trinajstić information content (AvgIpc) is 3.11. The number of hydrogen-bond donors (Lipinski definition) is 1. The molecule has 1 aromatic heterocycles. The predicted molar refractivity (Wildman–Crippen MR) is 94.5 cm³/mol. The Morgan fingerprint density at radius 1 is 1.35 bits per heavy atom. The summed E-state index contributed by atoms with van der Waals surface area (Å²) >= 11 is 7.68. The van der Waals surface area contributed by atoms with Crippen molar-refractivity contribution >= 4 is 28.9 Å². The Morgan fingerprint density at radius 2 is 2.13 bits per heavy atom. The second-order valence-corrected chi connectivity index (χ2v) is 7.89. The molecule has 0 spiro atoms. The molecular formula is C18H20ClNO2S. The van der Waals surface area contributed by atoms with E-state index in [9.17, 15) is 9.90 Å². The normalized spacial score (nSPS) is 19.9. The van der Waals surface area contributed by atoms with Gasteiger partial charge in [0.05, 0.1) is 10.4 Å². The standard InChI is InChI=1S/C18H20ClNO2S/c1-11-5-6-13(12(2)10-11)17(15-7-8-16(19)23-15)20-9-3-4-14(20)18(21)22/h5-8,10,14,17H,3-4,9H2,1-2H3,(H,21,22). The van der Waals surface area contributed by atoms with E-state index in [0.29, 0.717) is 6.42 Å². The molecule has 2 aromatic rings. The summed E-state index contributed by atoms with van der Waals surface area (Å²) in [5, 5.41) is 9.58. The van der Waals surface area contributed by atoms with Gasteiger partial charge in [-0.15, -0.1) is 11.3 Å². The summed E-state index contributed by atoms with van der Waals surface area (Å²) in [5.74, 6) is -0.736. The molecule has 0 bridgehead atoms. The molecule has 5 heteroatoms. The van der Waals surface area contributed by atoms with Gasteiger partial charge in [0.2, 0.25) is 0 Å². The van der Waals surface area contributed by atoms with E-state index in [1.54, 1.807) is 0 Å². The van der Waals surface area contributed by atoms with Gasteiger partial charge < -0.3 is 5.11 Å². The predicted octanol–water partition coefficient (Wildman–Crippen LogP) is 4.66. The maximum Gasteiger partial charge on any atom is 0.320 e. The van der Waals surface area contributed by atoms with Crippen LogP contribution in [0.25, 0.3) is 0 Å². The largest absolute Gasteiger partial charge is 0.480 e. The van der Waals surface area contributed by atoms with Crippen LogP contribution in [0.5, 0.6) is 0 Å². The van der Waals surface area contributed by atoms with Crippen molar-refractivity contribution < 1.29 is 9.90 Å². The number of aliphatic carboxylic acids is 1. The second kappa shape index (κ2) is 6.63. The summed E-state index contributed by atoms with van der Waals surface area (Å²) < 4.78 is 0.737. The summed E-state index contributed by atoms with van der Waals surface area (Å²) in [6.45, 7) is 4.96. The first-order valence-corrected chi connectivity index (χ1v) is 8.98. The van der Waals surface area contributed by atoms with Gasteiger partial charge >= 0.3 is 5.97 Å². The highest BCUT2D eigenvalue weighted by molar-refractivity contribution is 7.16. The molecule has 3 rings (SSSR count). The zero-order chi connectivity index (χ0) is 16.6. The molecule has 0 aliphatic carbocycles. The molecular weight excluding hydrogens is 330 g/mol. The van der Waals surface area contributed by atoms with Gasteiger partial charge in [0.1, 0.15) is 6.04 Å². The quantitative estimate of drug-likeness (QED) is 0.872. The number of nitrogens with zero attached hydrogens (tertiary/aromatic N) is 1. The highest BCUT2D eigenvalue weighted by Crippen LogP contribution is 2.40. The minimum atomic E-state index is -0.736. The molecule has 1 aromatic carbocycles. The smallest absolute Gasteiger partial charge is 0.320 e. The van der Waals surface area contributed by atoms with E-state index >= 15 is 0 Å². The molecule has 2 unspecified atom stereocenters. The minimum absolute atomic E-state index is 0.0447. The Labute approximate surface area is 145 Å².